The number of amides is 1. The molecule has 0 atom stereocenters. The molecular formula is C22H19FN4OS. The molecule has 0 saturated carbocycles. The number of nitrogens with one attached hydrogen (secondary N) is 1. The van der Waals surface area contributed by atoms with E-state index in [0.29, 0.717) is 24.4 Å². The van der Waals surface area contributed by atoms with Crippen LogP contribution in [0.3, 0.4) is 0 Å². The topological polar surface area (TPSA) is 59.8 Å². The molecule has 2 heterocycles. The Kier molecular flexibility index (Phi) is 5.48. The lowest BCUT2D eigenvalue weighted by Gasteiger charge is -2.03. The predicted molar refractivity (Wildman–Crippen MR) is 112 cm³/mol. The second-order valence-electron chi connectivity index (χ2n) is 6.54. The minimum Gasteiger partial charge on any atom is -0.350 e. The van der Waals surface area contributed by atoms with E-state index in [9.17, 15) is 9.18 Å². The second kappa shape index (κ2) is 8.36. The van der Waals surface area contributed by atoms with Gasteiger partial charge >= 0.3 is 0 Å². The minimum atomic E-state index is -0.305. The van der Waals surface area contributed by atoms with Crippen LogP contribution in [0.5, 0.6) is 0 Å². The summed E-state index contributed by atoms with van der Waals surface area (Å²) in [6.45, 7) is 0.484. The molecule has 0 bridgehead atoms. The third kappa shape index (κ3) is 4.41. The molecule has 2 aromatic carbocycles. The summed E-state index contributed by atoms with van der Waals surface area (Å²) < 4.78 is 14.6. The Morgan fingerprint density at radius 2 is 1.79 bits per heavy atom. The Labute approximate surface area is 171 Å². The van der Waals surface area contributed by atoms with Crippen LogP contribution in [0.4, 0.5) is 4.39 Å². The van der Waals surface area contributed by atoms with Gasteiger partial charge in [-0.2, -0.15) is 5.10 Å². The first-order valence-electron chi connectivity index (χ1n) is 9.18. The monoisotopic (exact) mass is 406 g/mol. The van der Waals surface area contributed by atoms with E-state index < -0.39 is 0 Å². The quantitative estimate of drug-likeness (QED) is 0.519. The lowest BCUT2D eigenvalue weighted by atomic mass is 10.1. The molecule has 2 aromatic heterocycles. The first kappa shape index (κ1) is 19.0. The van der Waals surface area contributed by atoms with Gasteiger partial charge in [0.05, 0.1) is 16.4 Å². The van der Waals surface area contributed by atoms with Gasteiger partial charge in [-0.15, -0.1) is 11.3 Å². The molecule has 1 N–H and O–H groups in total. The van der Waals surface area contributed by atoms with Crippen molar-refractivity contribution in [2.24, 2.45) is 7.05 Å². The number of halogens is 1. The average molecular weight is 406 g/mol. The number of carbonyl (C=O) groups excluding carboxylic acids is 1. The summed E-state index contributed by atoms with van der Waals surface area (Å²) >= 11 is 1.59. The van der Waals surface area contributed by atoms with Crippen LogP contribution in [-0.4, -0.2) is 27.2 Å². The van der Waals surface area contributed by atoms with Crippen molar-refractivity contribution in [2.75, 3.05) is 6.54 Å². The summed E-state index contributed by atoms with van der Waals surface area (Å²) in [5.41, 5.74) is 3.88. The summed E-state index contributed by atoms with van der Waals surface area (Å²) in [6, 6.07) is 17.8. The SMILES string of the molecule is Cn1nc(-c2ccc(F)cc2)cc1C(=O)NCCc1nc(-c2ccccc2)cs1. The molecule has 4 aromatic rings. The molecule has 29 heavy (non-hydrogen) atoms. The Morgan fingerprint density at radius 1 is 1.07 bits per heavy atom. The Morgan fingerprint density at radius 3 is 2.55 bits per heavy atom. The maximum Gasteiger partial charge on any atom is 0.269 e. The van der Waals surface area contributed by atoms with Gasteiger partial charge in [0.15, 0.2) is 0 Å². The number of thiazole rings is 1. The molecule has 7 heteroatoms. The average Bonchev–Trinajstić information content (AvgIpc) is 3.36. The van der Waals surface area contributed by atoms with Crippen molar-refractivity contribution < 1.29 is 9.18 Å². The number of carbonyl (C=O) groups is 1. The highest BCUT2D eigenvalue weighted by molar-refractivity contribution is 7.09. The molecule has 0 aliphatic heterocycles. The van der Waals surface area contributed by atoms with Crippen LogP contribution in [0.15, 0.2) is 66.0 Å². The number of benzene rings is 2. The fourth-order valence-electron chi connectivity index (χ4n) is 2.98. The van der Waals surface area contributed by atoms with Gasteiger partial charge in [-0.05, 0) is 30.3 Å². The molecule has 5 nitrogen and oxygen atoms in total. The fraction of sp³-hybridized carbons (Fsp3) is 0.136. The third-order valence-corrected chi connectivity index (χ3v) is 5.41. The van der Waals surface area contributed by atoms with Crippen molar-refractivity contribution in [3.63, 3.8) is 0 Å². The largest absolute Gasteiger partial charge is 0.350 e. The molecule has 1 amide bonds. The Bertz CT molecular complexity index is 1120. The molecule has 0 aliphatic carbocycles. The molecule has 0 aliphatic rings. The number of aromatic nitrogens is 3. The molecular weight excluding hydrogens is 387 g/mol. The van der Waals surface area contributed by atoms with Gasteiger partial charge in [0.2, 0.25) is 0 Å². The highest BCUT2D eigenvalue weighted by Crippen LogP contribution is 2.22. The first-order valence-corrected chi connectivity index (χ1v) is 10.1. The number of hydrogen-bond donors (Lipinski definition) is 1. The molecule has 4 rings (SSSR count). The lowest BCUT2D eigenvalue weighted by molar-refractivity contribution is 0.0944. The van der Waals surface area contributed by atoms with Crippen molar-refractivity contribution >= 4 is 17.2 Å². The predicted octanol–water partition coefficient (Wildman–Crippen LogP) is 4.32. The maximum atomic E-state index is 13.1. The number of nitrogens with zero attached hydrogens (tertiary/aromatic N) is 3. The molecule has 0 radical (unpaired) electrons. The highest BCUT2D eigenvalue weighted by atomic mass is 32.1. The van der Waals surface area contributed by atoms with Crippen molar-refractivity contribution in [3.05, 3.63) is 82.6 Å². The van der Waals surface area contributed by atoms with E-state index in [1.807, 2.05) is 35.7 Å². The van der Waals surface area contributed by atoms with Gasteiger partial charge in [-0.1, -0.05) is 30.3 Å². The summed E-state index contributed by atoms with van der Waals surface area (Å²) in [4.78, 5) is 17.2. The van der Waals surface area contributed by atoms with Crippen LogP contribution in [0.2, 0.25) is 0 Å². The number of rotatable bonds is 6. The van der Waals surface area contributed by atoms with Crippen LogP contribution in [0, 0.1) is 5.82 Å². The van der Waals surface area contributed by atoms with E-state index in [-0.39, 0.29) is 11.7 Å². The first-order chi connectivity index (χ1) is 14.1. The van der Waals surface area contributed by atoms with Gasteiger partial charge < -0.3 is 5.32 Å². The molecule has 0 fully saturated rings. The van der Waals surface area contributed by atoms with E-state index in [4.69, 9.17) is 0 Å². The van der Waals surface area contributed by atoms with Crippen LogP contribution in [-0.2, 0) is 13.5 Å². The van der Waals surface area contributed by atoms with Crippen LogP contribution in [0.1, 0.15) is 15.5 Å². The highest BCUT2D eigenvalue weighted by Gasteiger charge is 2.14. The summed E-state index contributed by atoms with van der Waals surface area (Å²) in [7, 11) is 1.72. The normalized spacial score (nSPS) is 10.8. The van der Waals surface area contributed by atoms with Gasteiger partial charge in [-0.25, -0.2) is 9.37 Å². The summed E-state index contributed by atoms with van der Waals surface area (Å²) in [5, 5.41) is 10.3. The van der Waals surface area contributed by atoms with Gasteiger partial charge in [0, 0.05) is 36.5 Å². The van der Waals surface area contributed by atoms with Crippen molar-refractivity contribution in [3.8, 4) is 22.5 Å². The standard InChI is InChI=1S/C22H19FN4OS/c1-27-20(13-18(26-27)16-7-9-17(23)10-8-16)22(28)24-12-11-21-25-19(14-29-21)15-5-3-2-4-6-15/h2-10,13-14H,11-12H2,1H3,(H,24,28). The molecule has 0 spiro atoms. The Hall–Kier alpha value is -3.32. The van der Waals surface area contributed by atoms with E-state index in [1.54, 1.807) is 36.6 Å². The van der Waals surface area contributed by atoms with Crippen molar-refractivity contribution in [1.29, 1.82) is 0 Å². The van der Waals surface area contributed by atoms with E-state index in [2.05, 4.69) is 15.4 Å². The van der Waals surface area contributed by atoms with Gasteiger partial charge in [0.25, 0.3) is 5.91 Å². The second-order valence-corrected chi connectivity index (χ2v) is 7.49. The van der Waals surface area contributed by atoms with Crippen LogP contribution in [0.25, 0.3) is 22.5 Å². The maximum absolute atomic E-state index is 13.1. The van der Waals surface area contributed by atoms with Crippen LogP contribution < -0.4 is 5.32 Å². The van der Waals surface area contributed by atoms with E-state index >= 15 is 0 Å². The smallest absolute Gasteiger partial charge is 0.269 e. The Balaban J connectivity index is 1.37. The van der Waals surface area contributed by atoms with E-state index in [1.165, 1.54) is 16.8 Å². The lowest BCUT2D eigenvalue weighted by Crippen LogP contribution is -2.27. The fourth-order valence-corrected chi connectivity index (χ4v) is 3.79. The molecule has 0 saturated heterocycles. The summed E-state index contributed by atoms with van der Waals surface area (Å²) in [5.74, 6) is -0.506. The van der Waals surface area contributed by atoms with Crippen molar-refractivity contribution in [2.45, 2.75) is 6.42 Å². The number of aryl methyl sites for hydroxylation is 1. The van der Waals surface area contributed by atoms with E-state index in [0.717, 1.165) is 21.8 Å². The summed E-state index contributed by atoms with van der Waals surface area (Å²) in [6.07, 6.45) is 0.659. The number of hydrogen-bond acceptors (Lipinski definition) is 4. The van der Waals surface area contributed by atoms with Crippen LogP contribution >= 0.6 is 11.3 Å². The zero-order valence-corrected chi connectivity index (χ0v) is 16.6. The third-order valence-electron chi connectivity index (χ3n) is 4.50. The van der Waals surface area contributed by atoms with Gasteiger partial charge in [0.1, 0.15) is 11.5 Å². The van der Waals surface area contributed by atoms with Gasteiger partial charge in [-0.3, -0.25) is 9.48 Å². The zero-order chi connectivity index (χ0) is 20.2. The zero-order valence-electron chi connectivity index (χ0n) is 15.8. The minimum absolute atomic E-state index is 0.201. The van der Waals surface area contributed by atoms with Crippen molar-refractivity contribution in [1.82, 2.24) is 20.1 Å². The molecule has 0 unspecified atom stereocenters. The molecule has 146 valence electrons.